The van der Waals surface area contributed by atoms with Crippen molar-refractivity contribution >= 4 is 5.91 Å². The molecule has 2 aliphatic rings. The fourth-order valence-electron chi connectivity index (χ4n) is 3.73. The van der Waals surface area contributed by atoms with E-state index >= 15 is 0 Å². The minimum atomic E-state index is -0.0571. The number of carbonyl (C=O) groups excluding carboxylic acids is 1. The van der Waals surface area contributed by atoms with Gasteiger partial charge in [-0.2, -0.15) is 0 Å². The number of carbonyl (C=O) groups is 1. The van der Waals surface area contributed by atoms with E-state index in [0.29, 0.717) is 29.0 Å². The maximum absolute atomic E-state index is 12.5. The SMILES string of the molecule is COc1cccc(C(=O)N[C@H]2C[C@H]3CC[C@H]2C3)c1OC. The molecule has 2 aliphatic carbocycles. The summed E-state index contributed by atoms with van der Waals surface area (Å²) < 4.78 is 10.6. The van der Waals surface area contributed by atoms with Crippen LogP contribution in [0.5, 0.6) is 11.5 Å². The van der Waals surface area contributed by atoms with Crippen molar-refractivity contribution in [3.8, 4) is 11.5 Å². The lowest BCUT2D eigenvalue weighted by Gasteiger charge is -2.23. The fraction of sp³-hybridized carbons (Fsp3) is 0.562. The van der Waals surface area contributed by atoms with Crippen LogP contribution in [0.25, 0.3) is 0 Å². The molecule has 1 N–H and O–H groups in total. The molecule has 1 amide bonds. The van der Waals surface area contributed by atoms with Crippen molar-refractivity contribution in [3.05, 3.63) is 23.8 Å². The molecule has 1 aromatic rings. The van der Waals surface area contributed by atoms with Gasteiger partial charge in [0.2, 0.25) is 0 Å². The number of fused-ring (bicyclic) bond motifs is 2. The molecule has 2 fully saturated rings. The molecule has 3 rings (SSSR count). The van der Waals surface area contributed by atoms with Gasteiger partial charge in [-0.05, 0) is 43.2 Å². The zero-order chi connectivity index (χ0) is 14.1. The summed E-state index contributed by atoms with van der Waals surface area (Å²) in [6.07, 6.45) is 4.99. The van der Waals surface area contributed by atoms with Crippen molar-refractivity contribution in [2.24, 2.45) is 11.8 Å². The first-order chi connectivity index (χ1) is 9.72. The number of hydrogen-bond donors (Lipinski definition) is 1. The topological polar surface area (TPSA) is 47.6 Å². The Hall–Kier alpha value is -1.71. The van der Waals surface area contributed by atoms with Gasteiger partial charge >= 0.3 is 0 Å². The lowest BCUT2D eigenvalue weighted by atomic mass is 9.95. The van der Waals surface area contributed by atoms with E-state index in [9.17, 15) is 4.79 Å². The first-order valence-corrected chi connectivity index (χ1v) is 7.24. The van der Waals surface area contributed by atoms with E-state index < -0.39 is 0 Å². The first kappa shape index (κ1) is 13.3. The number of hydrogen-bond acceptors (Lipinski definition) is 3. The van der Waals surface area contributed by atoms with Gasteiger partial charge in [0.25, 0.3) is 5.91 Å². The highest BCUT2D eigenvalue weighted by Gasteiger charge is 2.40. The normalized spacial score (nSPS) is 27.4. The predicted octanol–water partition coefficient (Wildman–Crippen LogP) is 2.62. The van der Waals surface area contributed by atoms with Crippen molar-refractivity contribution in [3.63, 3.8) is 0 Å². The monoisotopic (exact) mass is 275 g/mol. The second kappa shape index (κ2) is 5.35. The van der Waals surface area contributed by atoms with Gasteiger partial charge in [-0.1, -0.05) is 12.5 Å². The van der Waals surface area contributed by atoms with Crippen LogP contribution in [0, 0.1) is 11.8 Å². The Balaban J connectivity index is 1.77. The molecule has 0 aliphatic heterocycles. The zero-order valence-electron chi connectivity index (χ0n) is 12.0. The van der Waals surface area contributed by atoms with E-state index in [4.69, 9.17) is 9.47 Å². The molecule has 0 saturated heterocycles. The summed E-state index contributed by atoms with van der Waals surface area (Å²) in [5.74, 6) is 2.53. The smallest absolute Gasteiger partial charge is 0.255 e. The van der Waals surface area contributed by atoms with Gasteiger partial charge in [0.1, 0.15) is 0 Å². The fourth-order valence-corrected chi connectivity index (χ4v) is 3.73. The quantitative estimate of drug-likeness (QED) is 0.919. The molecule has 1 aromatic carbocycles. The summed E-state index contributed by atoms with van der Waals surface area (Å²) in [5, 5.41) is 3.18. The number of amides is 1. The summed E-state index contributed by atoms with van der Waals surface area (Å²) in [4.78, 5) is 12.5. The number of rotatable bonds is 4. The van der Waals surface area contributed by atoms with Crippen LogP contribution in [0.3, 0.4) is 0 Å². The van der Waals surface area contributed by atoms with Crippen LogP contribution < -0.4 is 14.8 Å². The Morgan fingerprint density at radius 1 is 1.20 bits per heavy atom. The average molecular weight is 275 g/mol. The number of ether oxygens (including phenoxy) is 2. The summed E-state index contributed by atoms with van der Waals surface area (Å²) in [7, 11) is 3.14. The van der Waals surface area contributed by atoms with Gasteiger partial charge in [-0.15, -0.1) is 0 Å². The maximum Gasteiger partial charge on any atom is 0.255 e. The third-order valence-electron chi connectivity index (χ3n) is 4.70. The molecule has 0 heterocycles. The summed E-state index contributed by atoms with van der Waals surface area (Å²) in [6, 6.07) is 5.73. The Labute approximate surface area is 119 Å². The van der Waals surface area contributed by atoms with Crippen molar-refractivity contribution in [2.75, 3.05) is 14.2 Å². The van der Waals surface area contributed by atoms with E-state index in [1.807, 2.05) is 6.07 Å². The second-order valence-electron chi connectivity index (χ2n) is 5.80. The summed E-state index contributed by atoms with van der Waals surface area (Å²) >= 11 is 0. The minimum Gasteiger partial charge on any atom is -0.493 e. The summed E-state index contributed by atoms with van der Waals surface area (Å²) in [6.45, 7) is 0. The Bertz CT molecular complexity index is 514. The van der Waals surface area contributed by atoms with Crippen molar-refractivity contribution in [1.29, 1.82) is 0 Å². The van der Waals surface area contributed by atoms with E-state index in [-0.39, 0.29) is 5.91 Å². The van der Waals surface area contributed by atoms with Crippen molar-refractivity contribution in [1.82, 2.24) is 5.32 Å². The molecule has 20 heavy (non-hydrogen) atoms. The van der Waals surface area contributed by atoms with Crippen LogP contribution in [-0.4, -0.2) is 26.2 Å². The maximum atomic E-state index is 12.5. The van der Waals surface area contributed by atoms with Crippen LogP contribution in [0.1, 0.15) is 36.0 Å². The van der Waals surface area contributed by atoms with E-state index in [1.165, 1.54) is 19.3 Å². The molecule has 0 spiro atoms. The highest BCUT2D eigenvalue weighted by molar-refractivity contribution is 5.98. The van der Waals surface area contributed by atoms with Crippen LogP contribution in [0.15, 0.2) is 18.2 Å². The Kier molecular flexibility index (Phi) is 3.55. The number of benzene rings is 1. The predicted molar refractivity (Wildman–Crippen MR) is 76.2 cm³/mol. The average Bonchev–Trinajstić information content (AvgIpc) is 3.08. The van der Waals surface area contributed by atoms with Gasteiger partial charge in [0.05, 0.1) is 19.8 Å². The molecule has 4 nitrogen and oxygen atoms in total. The number of para-hydroxylation sites is 1. The highest BCUT2D eigenvalue weighted by Crippen LogP contribution is 2.44. The first-order valence-electron chi connectivity index (χ1n) is 7.24. The molecule has 4 heteroatoms. The van der Waals surface area contributed by atoms with Crippen LogP contribution in [0.2, 0.25) is 0 Å². The van der Waals surface area contributed by atoms with Gasteiger partial charge < -0.3 is 14.8 Å². The zero-order valence-corrected chi connectivity index (χ0v) is 12.0. The van der Waals surface area contributed by atoms with Crippen molar-refractivity contribution < 1.29 is 14.3 Å². The van der Waals surface area contributed by atoms with E-state index in [1.54, 1.807) is 26.4 Å². The van der Waals surface area contributed by atoms with Crippen LogP contribution in [-0.2, 0) is 0 Å². The van der Waals surface area contributed by atoms with Gasteiger partial charge in [0.15, 0.2) is 11.5 Å². The van der Waals surface area contributed by atoms with E-state index in [0.717, 1.165) is 12.3 Å². The van der Waals surface area contributed by atoms with E-state index in [2.05, 4.69) is 5.32 Å². The molecule has 108 valence electrons. The lowest BCUT2D eigenvalue weighted by molar-refractivity contribution is 0.0919. The number of nitrogens with one attached hydrogen (secondary N) is 1. The molecule has 0 unspecified atom stereocenters. The third kappa shape index (κ3) is 2.23. The Morgan fingerprint density at radius 3 is 2.65 bits per heavy atom. The molecule has 0 aromatic heterocycles. The minimum absolute atomic E-state index is 0.0571. The molecule has 2 saturated carbocycles. The molecular weight excluding hydrogens is 254 g/mol. The van der Waals surface area contributed by atoms with Gasteiger partial charge in [-0.3, -0.25) is 4.79 Å². The van der Waals surface area contributed by atoms with Gasteiger partial charge in [0, 0.05) is 6.04 Å². The van der Waals surface area contributed by atoms with Crippen molar-refractivity contribution in [2.45, 2.75) is 31.7 Å². The highest BCUT2D eigenvalue weighted by atomic mass is 16.5. The van der Waals surface area contributed by atoms with Crippen LogP contribution >= 0.6 is 0 Å². The molecular formula is C16H21NO3. The third-order valence-corrected chi connectivity index (χ3v) is 4.70. The lowest BCUT2D eigenvalue weighted by Crippen LogP contribution is -2.38. The second-order valence-corrected chi connectivity index (χ2v) is 5.80. The van der Waals surface area contributed by atoms with Gasteiger partial charge in [-0.25, -0.2) is 0 Å². The standard InChI is InChI=1S/C16H21NO3/c1-19-14-5-3-4-12(15(14)20-2)16(18)17-13-9-10-6-7-11(13)8-10/h3-5,10-11,13H,6-9H2,1-2H3,(H,17,18)/t10-,11-,13-/m0/s1. The number of methoxy groups -OCH3 is 2. The Morgan fingerprint density at radius 2 is 2.05 bits per heavy atom. The molecule has 2 bridgehead atoms. The van der Waals surface area contributed by atoms with Crippen LogP contribution in [0.4, 0.5) is 0 Å². The largest absolute Gasteiger partial charge is 0.493 e. The molecule has 3 atom stereocenters. The summed E-state index contributed by atoms with van der Waals surface area (Å²) in [5.41, 5.74) is 0.551. The molecule has 0 radical (unpaired) electrons.